The molecular weight excluding hydrogens is 328 g/mol. The molecule has 2 N–H and O–H groups in total. The van der Waals surface area contributed by atoms with E-state index in [-0.39, 0.29) is 0 Å². The van der Waals surface area contributed by atoms with Crippen molar-refractivity contribution in [3.8, 4) is 11.5 Å². The van der Waals surface area contributed by atoms with Gasteiger partial charge in [-0.25, -0.2) is 9.59 Å². The number of nitrogens with one attached hydrogen (secondary N) is 2. The number of hydrogen-bond acceptors (Lipinski definition) is 6. The van der Waals surface area contributed by atoms with Crippen molar-refractivity contribution >= 4 is 17.9 Å². The summed E-state index contributed by atoms with van der Waals surface area (Å²) in [6.45, 7) is 3.55. The third kappa shape index (κ3) is 5.37. The number of carbonyl (C=O) groups is 3. The maximum Gasteiger partial charge on any atom is 0.351 e. The maximum atomic E-state index is 12.1. The summed E-state index contributed by atoms with van der Waals surface area (Å²) in [4.78, 5) is 35.2. The molecule has 0 fully saturated rings. The summed E-state index contributed by atoms with van der Waals surface area (Å²) in [5.74, 6) is -0.474. The molecule has 0 aromatic heterocycles. The van der Waals surface area contributed by atoms with E-state index >= 15 is 0 Å². The molecule has 0 aliphatic carbocycles. The van der Waals surface area contributed by atoms with Crippen LogP contribution < -0.4 is 20.1 Å². The highest BCUT2D eigenvalue weighted by atomic mass is 16.6. The lowest BCUT2D eigenvalue weighted by Gasteiger charge is -2.30. The predicted octanol–water partition coefficient (Wildman–Crippen LogP) is 1.38. The van der Waals surface area contributed by atoms with Crippen LogP contribution in [-0.2, 0) is 14.3 Å². The smallest absolute Gasteiger partial charge is 0.351 e. The molecule has 2 atom stereocenters. The number of benzene rings is 1. The summed E-state index contributed by atoms with van der Waals surface area (Å²) >= 11 is 0. The number of ether oxygens (including phenoxy) is 3. The van der Waals surface area contributed by atoms with Gasteiger partial charge in [-0.05, 0) is 25.5 Å². The first-order valence-electron chi connectivity index (χ1n) is 8.18. The van der Waals surface area contributed by atoms with Crippen LogP contribution in [0.25, 0.3) is 0 Å². The molecule has 2 rings (SSSR count). The number of para-hydroxylation sites is 2. The minimum atomic E-state index is -0.985. The van der Waals surface area contributed by atoms with Crippen molar-refractivity contribution in [2.24, 2.45) is 0 Å². The van der Waals surface area contributed by atoms with Crippen molar-refractivity contribution in [2.75, 3.05) is 13.2 Å². The highest BCUT2D eigenvalue weighted by molar-refractivity contribution is 5.95. The molecule has 0 bridgehead atoms. The summed E-state index contributed by atoms with van der Waals surface area (Å²) in [5.41, 5.74) is 0. The highest BCUT2D eigenvalue weighted by Gasteiger charge is 2.35. The van der Waals surface area contributed by atoms with Crippen molar-refractivity contribution in [1.29, 1.82) is 0 Å². The van der Waals surface area contributed by atoms with Gasteiger partial charge in [0.1, 0.15) is 6.10 Å². The van der Waals surface area contributed by atoms with E-state index in [0.29, 0.717) is 18.0 Å². The molecule has 1 aromatic carbocycles. The van der Waals surface area contributed by atoms with Gasteiger partial charge in [0.2, 0.25) is 6.10 Å². The minimum absolute atomic E-state index is 0.433. The zero-order valence-corrected chi connectivity index (χ0v) is 14.2. The molecule has 0 saturated carbocycles. The second-order valence-electron chi connectivity index (χ2n) is 5.57. The highest BCUT2D eigenvalue weighted by Crippen LogP contribution is 2.33. The van der Waals surface area contributed by atoms with Gasteiger partial charge < -0.3 is 19.5 Å². The molecule has 25 heavy (non-hydrogen) atoms. The number of esters is 1. The number of urea groups is 1. The molecule has 1 aliphatic rings. The van der Waals surface area contributed by atoms with E-state index in [1.807, 2.05) is 6.92 Å². The van der Waals surface area contributed by atoms with E-state index in [4.69, 9.17) is 14.2 Å². The van der Waals surface area contributed by atoms with Crippen molar-refractivity contribution in [1.82, 2.24) is 10.6 Å². The molecule has 3 amide bonds. The number of amides is 3. The molecule has 0 spiro atoms. The molecule has 1 aliphatic heterocycles. The average molecular weight is 350 g/mol. The lowest BCUT2D eigenvalue weighted by Crippen LogP contribution is -2.46. The Bertz CT molecular complexity index is 633. The van der Waals surface area contributed by atoms with Crippen molar-refractivity contribution in [3.05, 3.63) is 24.3 Å². The van der Waals surface area contributed by atoms with Crippen LogP contribution in [0.1, 0.15) is 26.7 Å². The van der Waals surface area contributed by atoms with Crippen LogP contribution in [0.2, 0.25) is 0 Å². The molecule has 1 heterocycles. The maximum absolute atomic E-state index is 12.1. The second kappa shape index (κ2) is 8.91. The Labute approximate surface area is 145 Å². The number of hydrogen-bond donors (Lipinski definition) is 2. The number of imide groups is 1. The zero-order chi connectivity index (χ0) is 18.2. The first kappa shape index (κ1) is 18.6. The monoisotopic (exact) mass is 350 g/mol. The predicted molar refractivity (Wildman–Crippen MR) is 88.4 cm³/mol. The van der Waals surface area contributed by atoms with Crippen LogP contribution >= 0.6 is 0 Å². The summed E-state index contributed by atoms with van der Waals surface area (Å²) in [6.07, 6.45) is 0.190. The van der Waals surface area contributed by atoms with Crippen molar-refractivity contribution < 1.29 is 28.6 Å². The Morgan fingerprint density at radius 2 is 1.84 bits per heavy atom. The summed E-state index contributed by atoms with van der Waals surface area (Å²) in [6, 6.07) is 6.34. The Morgan fingerprint density at radius 3 is 2.52 bits per heavy atom. The van der Waals surface area contributed by atoms with Crippen LogP contribution in [0.15, 0.2) is 24.3 Å². The van der Waals surface area contributed by atoms with Crippen LogP contribution in [0.3, 0.4) is 0 Å². The molecule has 8 heteroatoms. The van der Waals surface area contributed by atoms with E-state index in [0.717, 1.165) is 12.8 Å². The normalized spacial score (nSPS) is 18.2. The fourth-order valence-corrected chi connectivity index (χ4v) is 2.18. The number of unbranched alkanes of at least 4 members (excludes halogenated alkanes) is 1. The van der Waals surface area contributed by atoms with E-state index in [2.05, 4.69) is 10.6 Å². The van der Waals surface area contributed by atoms with Gasteiger partial charge in [-0.1, -0.05) is 25.5 Å². The van der Waals surface area contributed by atoms with Gasteiger partial charge in [-0.2, -0.15) is 0 Å². The van der Waals surface area contributed by atoms with Gasteiger partial charge in [-0.3, -0.25) is 10.1 Å². The van der Waals surface area contributed by atoms with E-state index in [9.17, 15) is 14.4 Å². The van der Waals surface area contributed by atoms with E-state index < -0.39 is 36.7 Å². The number of carbonyl (C=O) groups excluding carboxylic acids is 3. The molecule has 2 unspecified atom stereocenters. The fraction of sp³-hybridized carbons (Fsp3) is 0.471. The lowest BCUT2D eigenvalue weighted by atomic mass is 10.2. The van der Waals surface area contributed by atoms with Crippen molar-refractivity contribution in [3.63, 3.8) is 0 Å². The van der Waals surface area contributed by atoms with Crippen LogP contribution in [-0.4, -0.2) is 43.3 Å². The van der Waals surface area contributed by atoms with E-state index in [1.165, 1.54) is 0 Å². The number of fused-ring (bicyclic) bond motifs is 1. The van der Waals surface area contributed by atoms with Crippen LogP contribution in [0.5, 0.6) is 11.5 Å². The van der Waals surface area contributed by atoms with Gasteiger partial charge in [0, 0.05) is 6.54 Å². The largest absolute Gasteiger partial charge is 0.482 e. The fourth-order valence-electron chi connectivity index (χ4n) is 2.18. The molecule has 0 saturated heterocycles. The standard InChI is InChI=1S/C17H22N2O6/c1-3-4-9-18-17(22)19-14(20)10-23-16(21)15-11(2)24-12-7-5-6-8-13(12)25-15/h5-8,11,15H,3-4,9-10H2,1-2H3,(H2,18,19,20,22). The van der Waals surface area contributed by atoms with Gasteiger partial charge in [0.25, 0.3) is 5.91 Å². The van der Waals surface area contributed by atoms with E-state index in [1.54, 1.807) is 31.2 Å². The van der Waals surface area contributed by atoms with Gasteiger partial charge >= 0.3 is 12.0 Å². The molecule has 136 valence electrons. The summed E-state index contributed by atoms with van der Waals surface area (Å²) in [7, 11) is 0. The summed E-state index contributed by atoms with van der Waals surface area (Å²) in [5, 5.41) is 4.61. The molecular formula is C17H22N2O6. The lowest BCUT2D eigenvalue weighted by molar-refractivity contribution is -0.160. The quantitative estimate of drug-likeness (QED) is 0.593. The van der Waals surface area contributed by atoms with Crippen molar-refractivity contribution in [2.45, 2.75) is 38.9 Å². The molecule has 8 nitrogen and oxygen atoms in total. The Kier molecular flexibility index (Phi) is 6.62. The minimum Gasteiger partial charge on any atom is -0.482 e. The molecule has 0 radical (unpaired) electrons. The van der Waals surface area contributed by atoms with Gasteiger partial charge in [-0.15, -0.1) is 0 Å². The second-order valence-corrected chi connectivity index (χ2v) is 5.57. The Hall–Kier alpha value is -2.77. The van der Waals surface area contributed by atoms with Crippen LogP contribution in [0, 0.1) is 0 Å². The summed E-state index contributed by atoms with van der Waals surface area (Å²) < 4.78 is 16.1. The Balaban J connectivity index is 1.78. The SMILES string of the molecule is CCCCNC(=O)NC(=O)COC(=O)C1Oc2ccccc2OC1C. The van der Waals surface area contributed by atoms with Crippen LogP contribution in [0.4, 0.5) is 4.79 Å². The zero-order valence-electron chi connectivity index (χ0n) is 14.2. The first-order valence-corrected chi connectivity index (χ1v) is 8.18. The Morgan fingerprint density at radius 1 is 1.16 bits per heavy atom. The topological polar surface area (TPSA) is 103 Å². The third-order valence-electron chi connectivity index (χ3n) is 3.49. The van der Waals surface area contributed by atoms with Gasteiger partial charge in [0.15, 0.2) is 18.1 Å². The molecule has 1 aromatic rings. The first-order chi connectivity index (χ1) is 12.0. The van der Waals surface area contributed by atoms with Gasteiger partial charge in [0.05, 0.1) is 0 Å². The number of rotatable bonds is 6. The average Bonchev–Trinajstić information content (AvgIpc) is 2.59. The third-order valence-corrected chi connectivity index (χ3v) is 3.49.